The minimum absolute atomic E-state index is 0.0465. The Morgan fingerprint density at radius 2 is 1.79 bits per heavy atom. The second-order valence-electron chi connectivity index (χ2n) is 6.31. The Bertz CT molecular complexity index is 439. The summed E-state index contributed by atoms with van der Waals surface area (Å²) in [5.74, 6) is 0. The number of aliphatic hydroxyl groups excluding tert-OH is 1. The van der Waals surface area contributed by atoms with Crippen LogP contribution in [-0.2, 0) is 10.2 Å². The highest BCUT2D eigenvalue weighted by atomic mass is 16.5. The second kappa shape index (κ2) is 4.50. The normalized spacial score (nSPS) is 23.3. The number of hydrogen-bond donors (Lipinski definition) is 1. The molecule has 0 atom stereocenters. The van der Waals surface area contributed by atoms with Gasteiger partial charge in [-0.25, -0.2) is 0 Å². The second-order valence-corrected chi connectivity index (χ2v) is 6.31. The van der Waals surface area contributed by atoms with Crippen LogP contribution in [-0.4, -0.2) is 39.0 Å². The van der Waals surface area contributed by atoms with Crippen LogP contribution in [0.15, 0.2) is 24.3 Å². The first-order chi connectivity index (χ1) is 9.13. The Morgan fingerprint density at radius 3 is 2.11 bits per heavy atom. The van der Waals surface area contributed by atoms with Gasteiger partial charge in [0.2, 0.25) is 0 Å². The highest BCUT2D eigenvalue weighted by molar-refractivity contribution is 5.48. The van der Waals surface area contributed by atoms with Crippen LogP contribution in [0.4, 0.5) is 5.69 Å². The summed E-state index contributed by atoms with van der Waals surface area (Å²) >= 11 is 0. The molecule has 0 amide bonds. The lowest BCUT2D eigenvalue weighted by atomic mass is 9.50. The molecule has 104 valence electrons. The summed E-state index contributed by atoms with van der Waals surface area (Å²) in [5.41, 5.74) is 2.65. The number of rotatable bonds is 4. The van der Waals surface area contributed by atoms with Crippen molar-refractivity contribution in [2.75, 3.05) is 38.8 Å². The molecule has 3 nitrogen and oxygen atoms in total. The zero-order chi connectivity index (χ0) is 13.5. The molecule has 1 saturated heterocycles. The van der Waals surface area contributed by atoms with Crippen molar-refractivity contribution in [3.63, 3.8) is 0 Å². The van der Waals surface area contributed by atoms with Gasteiger partial charge in [0.1, 0.15) is 0 Å². The highest BCUT2D eigenvalue weighted by Gasteiger charge is 2.59. The molecule has 1 N–H and O–H groups in total. The van der Waals surface area contributed by atoms with Crippen molar-refractivity contribution in [1.29, 1.82) is 0 Å². The van der Waals surface area contributed by atoms with E-state index in [1.807, 2.05) is 0 Å². The molecule has 0 spiro atoms. The third-order valence-electron chi connectivity index (χ3n) is 5.26. The maximum absolute atomic E-state index is 9.88. The lowest BCUT2D eigenvalue weighted by molar-refractivity contribution is -0.173. The Labute approximate surface area is 115 Å². The molecule has 0 aromatic heterocycles. The molecule has 1 aromatic carbocycles. The van der Waals surface area contributed by atoms with Gasteiger partial charge in [0.05, 0.1) is 13.2 Å². The van der Waals surface area contributed by atoms with Gasteiger partial charge >= 0.3 is 0 Å². The molecular formula is C16H23NO2. The molecule has 1 heterocycles. The summed E-state index contributed by atoms with van der Waals surface area (Å²) in [4.78, 5) is 2.11. The summed E-state index contributed by atoms with van der Waals surface area (Å²) < 4.78 is 5.53. The highest BCUT2D eigenvalue weighted by Crippen LogP contribution is 2.58. The molecule has 3 heteroatoms. The van der Waals surface area contributed by atoms with E-state index in [4.69, 9.17) is 4.74 Å². The Hall–Kier alpha value is -1.06. The first kappa shape index (κ1) is 12.9. The van der Waals surface area contributed by atoms with Gasteiger partial charge in [-0.05, 0) is 30.5 Å². The summed E-state index contributed by atoms with van der Waals surface area (Å²) in [6, 6.07) is 8.76. The van der Waals surface area contributed by atoms with Crippen LogP contribution >= 0.6 is 0 Å². The quantitative estimate of drug-likeness (QED) is 0.901. The topological polar surface area (TPSA) is 32.7 Å². The van der Waals surface area contributed by atoms with Crippen LogP contribution < -0.4 is 4.90 Å². The number of ether oxygens (including phenoxy) is 1. The van der Waals surface area contributed by atoms with Gasteiger partial charge in [0.25, 0.3) is 0 Å². The molecule has 2 aliphatic rings. The van der Waals surface area contributed by atoms with Crippen molar-refractivity contribution in [3.05, 3.63) is 29.8 Å². The van der Waals surface area contributed by atoms with Crippen LogP contribution in [0.3, 0.4) is 0 Å². The van der Waals surface area contributed by atoms with Gasteiger partial charge < -0.3 is 14.7 Å². The van der Waals surface area contributed by atoms with E-state index in [0.717, 1.165) is 26.1 Å². The fraction of sp³-hybridized carbons (Fsp3) is 0.625. The van der Waals surface area contributed by atoms with Crippen molar-refractivity contribution < 1.29 is 9.84 Å². The van der Waals surface area contributed by atoms with Crippen LogP contribution in [0.5, 0.6) is 0 Å². The molecule has 2 fully saturated rings. The van der Waals surface area contributed by atoms with Crippen molar-refractivity contribution in [2.45, 2.75) is 24.7 Å². The number of anilines is 1. The molecule has 0 unspecified atom stereocenters. The predicted molar refractivity (Wildman–Crippen MR) is 76.6 cm³/mol. The predicted octanol–water partition coefficient (Wildman–Crippen LogP) is 2.18. The average molecular weight is 261 g/mol. The first-order valence-electron chi connectivity index (χ1n) is 7.10. The van der Waals surface area contributed by atoms with Crippen LogP contribution in [0, 0.1) is 5.41 Å². The Morgan fingerprint density at radius 1 is 1.16 bits per heavy atom. The van der Waals surface area contributed by atoms with E-state index in [9.17, 15) is 5.11 Å². The zero-order valence-corrected chi connectivity index (χ0v) is 11.9. The van der Waals surface area contributed by atoms with E-state index in [0.29, 0.717) is 0 Å². The summed E-state index contributed by atoms with van der Waals surface area (Å²) in [6.07, 6.45) is 3.49. The maximum Gasteiger partial charge on any atom is 0.0591 e. The van der Waals surface area contributed by atoms with Gasteiger partial charge in [-0.3, -0.25) is 0 Å². The summed E-state index contributed by atoms with van der Waals surface area (Å²) in [6.45, 7) is 1.80. The molecule has 19 heavy (non-hydrogen) atoms. The molecular weight excluding hydrogens is 238 g/mol. The smallest absolute Gasteiger partial charge is 0.0591 e. The first-order valence-corrected chi connectivity index (χ1v) is 7.10. The standard InChI is InChI=1S/C16H23NO2/c1-17(2)14-6-4-13(5-7-14)16(11-19-12-16)15(10-18)8-3-9-15/h4-7,18H,3,8-12H2,1-2H3. The fourth-order valence-corrected chi connectivity index (χ4v) is 3.56. The van der Waals surface area contributed by atoms with Gasteiger partial charge in [0.15, 0.2) is 0 Å². The van der Waals surface area contributed by atoms with Crippen LogP contribution in [0.1, 0.15) is 24.8 Å². The van der Waals surface area contributed by atoms with E-state index in [2.05, 4.69) is 43.3 Å². The summed E-state index contributed by atoms with van der Waals surface area (Å²) in [7, 11) is 4.11. The van der Waals surface area contributed by atoms with E-state index in [1.54, 1.807) is 0 Å². The van der Waals surface area contributed by atoms with E-state index in [1.165, 1.54) is 17.7 Å². The minimum atomic E-state index is 0.0465. The lowest BCUT2D eigenvalue weighted by Crippen LogP contribution is -2.63. The van der Waals surface area contributed by atoms with Gasteiger partial charge in [0, 0.05) is 37.2 Å². The molecule has 1 aromatic rings. The summed E-state index contributed by atoms with van der Waals surface area (Å²) in [5, 5.41) is 9.88. The van der Waals surface area contributed by atoms with Crippen molar-refractivity contribution >= 4 is 5.69 Å². The zero-order valence-electron chi connectivity index (χ0n) is 11.9. The molecule has 1 aliphatic heterocycles. The van der Waals surface area contributed by atoms with Gasteiger partial charge in [-0.2, -0.15) is 0 Å². The van der Waals surface area contributed by atoms with Crippen molar-refractivity contribution in [3.8, 4) is 0 Å². The molecule has 0 radical (unpaired) electrons. The number of aliphatic hydroxyl groups is 1. The van der Waals surface area contributed by atoms with Gasteiger partial charge in [-0.15, -0.1) is 0 Å². The lowest BCUT2D eigenvalue weighted by Gasteiger charge is -2.59. The average Bonchev–Trinajstić information content (AvgIpc) is 2.31. The third-order valence-corrected chi connectivity index (χ3v) is 5.26. The minimum Gasteiger partial charge on any atom is -0.396 e. The Kier molecular flexibility index (Phi) is 3.06. The van der Waals surface area contributed by atoms with E-state index >= 15 is 0 Å². The molecule has 3 rings (SSSR count). The van der Waals surface area contributed by atoms with E-state index in [-0.39, 0.29) is 17.4 Å². The molecule has 1 aliphatic carbocycles. The van der Waals surface area contributed by atoms with E-state index < -0.39 is 0 Å². The van der Waals surface area contributed by atoms with Crippen molar-refractivity contribution in [1.82, 2.24) is 0 Å². The number of hydrogen-bond acceptors (Lipinski definition) is 3. The Balaban J connectivity index is 1.94. The largest absolute Gasteiger partial charge is 0.396 e. The number of nitrogens with zero attached hydrogens (tertiary/aromatic N) is 1. The maximum atomic E-state index is 9.88. The van der Waals surface area contributed by atoms with Crippen molar-refractivity contribution in [2.24, 2.45) is 5.41 Å². The SMILES string of the molecule is CN(C)c1ccc(C2(C3(CO)CCC3)COC2)cc1. The number of benzene rings is 1. The third kappa shape index (κ3) is 1.72. The fourth-order valence-electron chi connectivity index (χ4n) is 3.56. The van der Waals surface area contributed by atoms with Crippen LogP contribution in [0.25, 0.3) is 0 Å². The molecule has 1 saturated carbocycles. The monoisotopic (exact) mass is 261 g/mol. The van der Waals surface area contributed by atoms with Gasteiger partial charge in [-0.1, -0.05) is 18.6 Å². The van der Waals surface area contributed by atoms with Crippen LogP contribution in [0.2, 0.25) is 0 Å². The molecule has 0 bridgehead atoms.